The molecule has 22 heavy (non-hydrogen) atoms. The summed E-state index contributed by atoms with van der Waals surface area (Å²) in [7, 11) is 3.05. The second-order valence-corrected chi connectivity index (χ2v) is 5.69. The smallest absolute Gasteiger partial charge is 0.338 e. The van der Waals surface area contributed by atoms with Gasteiger partial charge in [-0.25, -0.2) is 4.79 Å². The lowest BCUT2D eigenvalue weighted by molar-refractivity contribution is 0.0600. The van der Waals surface area contributed by atoms with Gasteiger partial charge in [-0.1, -0.05) is 11.6 Å². The predicted octanol–water partition coefficient (Wildman–Crippen LogP) is 2.68. The van der Waals surface area contributed by atoms with Crippen LogP contribution in [0.25, 0.3) is 0 Å². The summed E-state index contributed by atoms with van der Waals surface area (Å²) in [4.78, 5) is 14.1. The third-order valence-electron chi connectivity index (χ3n) is 4.10. The molecule has 0 amide bonds. The topological polar surface area (TPSA) is 48.0 Å². The zero-order valence-electron chi connectivity index (χ0n) is 13.4. The molecule has 1 aliphatic heterocycles. The van der Waals surface area contributed by atoms with E-state index in [2.05, 4.69) is 11.8 Å². The summed E-state index contributed by atoms with van der Waals surface area (Å²) in [5, 5.41) is 0.507. The van der Waals surface area contributed by atoms with Crippen LogP contribution >= 0.6 is 11.6 Å². The summed E-state index contributed by atoms with van der Waals surface area (Å²) in [6.07, 6.45) is -0.0000849. The Hall–Kier alpha value is -1.30. The average Bonchev–Trinajstić information content (AvgIpc) is 2.98. The van der Waals surface area contributed by atoms with Gasteiger partial charge in [-0.3, -0.25) is 0 Å². The Morgan fingerprint density at radius 1 is 1.41 bits per heavy atom. The summed E-state index contributed by atoms with van der Waals surface area (Å²) < 4.78 is 15.9. The van der Waals surface area contributed by atoms with E-state index in [4.69, 9.17) is 25.8 Å². The number of rotatable bonds is 5. The van der Waals surface area contributed by atoms with E-state index >= 15 is 0 Å². The summed E-state index contributed by atoms with van der Waals surface area (Å²) in [6, 6.07) is 3.61. The molecule has 1 fully saturated rings. The second kappa shape index (κ2) is 7.31. The number of hydrogen-bond donors (Lipinski definition) is 0. The highest BCUT2D eigenvalue weighted by Crippen LogP contribution is 2.32. The molecule has 0 bridgehead atoms. The van der Waals surface area contributed by atoms with Gasteiger partial charge in [0.2, 0.25) is 0 Å². The van der Waals surface area contributed by atoms with Crippen molar-refractivity contribution in [3.05, 3.63) is 28.3 Å². The van der Waals surface area contributed by atoms with Gasteiger partial charge in [-0.2, -0.15) is 0 Å². The van der Waals surface area contributed by atoms with Gasteiger partial charge in [0.1, 0.15) is 6.10 Å². The molecule has 0 spiro atoms. The standard InChI is InChI=1S/C16H22ClNO4/c1-5-18(14-8-22-9-15(14)20-3)13-7-11(17)6-12(10(13)2)16(19)21-4/h6-7,14-15H,5,8-9H2,1-4H3/t14-,15-/m0/s1. The molecular formula is C16H22ClNO4. The predicted molar refractivity (Wildman–Crippen MR) is 86.0 cm³/mol. The fourth-order valence-electron chi connectivity index (χ4n) is 2.91. The monoisotopic (exact) mass is 327 g/mol. The van der Waals surface area contributed by atoms with Crippen LogP contribution in [0.4, 0.5) is 5.69 Å². The third kappa shape index (κ3) is 3.21. The van der Waals surface area contributed by atoms with Crippen molar-refractivity contribution in [2.75, 3.05) is 38.9 Å². The Bertz CT molecular complexity index is 549. The van der Waals surface area contributed by atoms with Crippen LogP contribution < -0.4 is 4.90 Å². The third-order valence-corrected chi connectivity index (χ3v) is 4.32. The van der Waals surface area contributed by atoms with Crippen molar-refractivity contribution < 1.29 is 19.0 Å². The maximum atomic E-state index is 11.9. The minimum absolute atomic E-state index is 0.0000849. The number of ether oxygens (including phenoxy) is 3. The quantitative estimate of drug-likeness (QED) is 0.778. The molecule has 0 aliphatic carbocycles. The van der Waals surface area contributed by atoms with Crippen LogP contribution in [0.2, 0.25) is 5.02 Å². The number of benzene rings is 1. The van der Waals surface area contributed by atoms with E-state index in [0.717, 1.165) is 17.8 Å². The molecule has 122 valence electrons. The van der Waals surface area contributed by atoms with Crippen LogP contribution in [-0.4, -0.2) is 52.1 Å². The van der Waals surface area contributed by atoms with E-state index in [1.165, 1.54) is 7.11 Å². The number of carbonyl (C=O) groups excluding carboxylic acids is 1. The van der Waals surface area contributed by atoms with Gasteiger partial charge in [-0.05, 0) is 31.5 Å². The Labute approximate surface area is 136 Å². The van der Waals surface area contributed by atoms with Crippen molar-refractivity contribution in [1.82, 2.24) is 0 Å². The maximum absolute atomic E-state index is 11.9. The average molecular weight is 328 g/mol. The first kappa shape index (κ1) is 17.1. The molecule has 1 aliphatic rings. The second-order valence-electron chi connectivity index (χ2n) is 5.25. The first-order valence-corrected chi connectivity index (χ1v) is 7.66. The summed E-state index contributed by atoms with van der Waals surface area (Å²) in [6.45, 7) is 5.88. The SMILES string of the molecule is CCN(c1cc(Cl)cc(C(=O)OC)c1C)[C@H]1COC[C@@H]1OC. The molecule has 0 unspecified atom stereocenters. The van der Waals surface area contributed by atoms with Crippen molar-refractivity contribution in [2.45, 2.75) is 26.0 Å². The van der Waals surface area contributed by atoms with Crippen LogP contribution in [0.3, 0.4) is 0 Å². The summed E-state index contributed by atoms with van der Waals surface area (Å²) >= 11 is 6.20. The van der Waals surface area contributed by atoms with E-state index in [0.29, 0.717) is 23.8 Å². The van der Waals surface area contributed by atoms with Gasteiger partial charge >= 0.3 is 5.97 Å². The Morgan fingerprint density at radius 3 is 2.73 bits per heavy atom. The molecule has 2 rings (SSSR count). The highest BCUT2D eigenvalue weighted by Gasteiger charge is 2.34. The minimum atomic E-state index is -0.386. The van der Waals surface area contributed by atoms with Crippen molar-refractivity contribution >= 4 is 23.3 Å². The molecule has 0 N–H and O–H groups in total. The highest BCUT2D eigenvalue weighted by molar-refractivity contribution is 6.31. The number of methoxy groups -OCH3 is 2. The number of halogens is 1. The van der Waals surface area contributed by atoms with Gasteiger partial charge in [0, 0.05) is 24.4 Å². The lowest BCUT2D eigenvalue weighted by Gasteiger charge is -2.33. The lowest BCUT2D eigenvalue weighted by Crippen LogP contribution is -2.44. The van der Waals surface area contributed by atoms with Gasteiger partial charge in [-0.15, -0.1) is 0 Å². The van der Waals surface area contributed by atoms with Crippen LogP contribution in [0.15, 0.2) is 12.1 Å². The normalized spacial score (nSPS) is 21.0. The first-order chi connectivity index (χ1) is 10.5. The molecule has 1 aromatic carbocycles. The highest BCUT2D eigenvalue weighted by atomic mass is 35.5. The molecule has 1 aromatic rings. The van der Waals surface area contributed by atoms with Crippen LogP contribution in [0, 0.1) is 6.92 Å². The van der Waals surface area contributed by atoms with Gasteiger partial charge < -0.3 is 19.1 Å². The fraction of sp³-hybridized carbons (Fsp3) is 0.562. The van der Waals surface area contributed by atoms with E-state index in [1.54, 1.807) is 13.2 Å². The fourth-order valence-corrected chi connectivity index (χ4v) is 3.12. The Morgan fingerprint density at radius 2 is 2.14 bits per heavy atom. The zero-order chi connectivity index (χ0) is 16.3. The maximum Gasteiger partial charge on any atom is 0.338 e. The molecule has 2 atom stereocenters. The number of esters is 1. The number of anilines is 1. The largest absolute Gasteiger partial charge is 0.465 e. The van der Waals surface area contributed by atoms with E-state index in [-0.39, 0.29) is 18.1 Å². The first-order valence-electron chi connectivity index (χ1n) is 7.29. The molecule has 5 nitrogen and oxygen atoms in total. The summed E-state index contributed by atoms with van der Waals surface area (Å²) in [5.74, 6) is -0.386. The molecular weight excluding hydrogens is 306 g/mol. The zero-order valence-corrected chi connectivity index (χ0v) is 14.1. The van der Waals surface area contributed by atoms with Crippen molar-refractivity contribution in [2.24, 2.45) is 0 Å². The van der Waals surface area contributed by atoms with Gasteiger partial charge in [0.25, 0.3) is 0 Å². The lowest BCUT2D eigenvalue weighted by atomic mass is 10.0. The number of nitrogens with zero attached hydrogens (tertiary/aromatic N) is 1. The molecule has 1 saturated heterocycles. The molecule has 6 heteroatoms. The van der Waals surface area contributed by atoms with Gasteiger partial charge in [0.05, 0.1) is 31.9 Å². The van der Waals surface area contributed by atoms with Crippen LogP contribution in [0.5, 0.6) is 0 Å². The van der Waals surface area contributed by atoms with Crippen molar-refractivity contribution in [3.63, 3.8) is 0 Å². The number of likely N-dealkylation sites (N-methyl/N-ethyl adjacent to an activating group) is 1. The minimum Gasteiger partial charge on any atom is -0.465 e. The molecule has 0 aromatic heterocycles. The van der Waals surface area contributed by atoms with Crippen LogP contribution in [-0.2, 0) is 14.2 Å². The van der Waals surface area contributed by atoms with Gasteiger partial charge in [0.15, 0.2) is 0 Å². The Kier molecular flexibility index (Phi) is 5.67. The van der Waals surface area contributed by atoms with E-state index in [1.807, 2.05) is 13.0 Å². The Balaban J connectivity index is 2.45. The van der Waals surface area contributed by atoms with Crippen molar-refractivity contribution in [3.8, 4) is 0 Å². The molecule has 0 saturated carbocycles. The van der Waals surface area contributed by atoms with E-state index in [9.17, 15) is 4.79 Å². The summed E-state index contributed by atoms with van der Waals surface area (Å²) in [5.41, 5.74) is 2.24. The number of hydrogen-bond acceptors (Lipinski definition) is 5. The molecule has 0 radical (unpaired) electrons. The number of carbonyl (C=O) groups is 1. The van der Waals surface area contributed by atoms with Crippen molar-refractivity contribution in [1.29, 1.82) is 0 Å². The van der Waals surface area contributed by atoms with E-state index < -0.39 is 0 Å². The van der Waals surface area contributed by atoms with Crippen LogP contribution in [0.1, 0.15) is 22.8 Å². The molecule has 1 heterocycles.